The minimum Gasteiger partial charge on any atom is -0.444 e. The summed E-state index contributed by atoms with van der Waals surface area (Å²) >= 11 is 0. The molecule has 1 fully saturated rings. The highest BCUT2D eigenvalue weighted by atomic mass is 16.6. The van der Waals surface area contributed by atoms with Gasteiger partial charge in [-0.05, 0) is 47.0 Å². The Hall–Kier alpha value is -1.56. The Morgan fingerprint density at radius 2 is 2.26 bits per heavy atom. The van der Waals surface area contributed by atoms with Crippen LogP contribution in [0.1, 0.15) is 52.5 Å². The Labute approximate surface area is 139 Å². The maximum atomic E-state index is 12.3. The minimum atomic E-state index is -0.436. The molecule has 2 rings (SSSR count). The van der Waals surface area contributed by atoms with E-state index in [-0.39, 0.29) is 12.1 Å². The summed E-state index contributed by atoms with van der Waals surface area (Å²) in [5, 5.41) is 7.69. The van der Waals surface area contributed by atoms with Crippen LogP contribution in [0.15, 0.2) is 12.4 Å². The van der Waals surface area contributed by atoms with Crippen LogP contribution in [0.3, 0.4) is 0 Å². The lowest BCUT2D eigenvalue weighted by Crippen LogP contribution is -2.42. The Morgan fingerprint density at radius 1 is 1.52 bits per heavy atom. The number of aryl methyl sites for hydroxylation is 1. The van der Waals surface area contributed by atoms with Crippen molar-refractivity contribution in [2.75, 3.05) is 6.54 Å². The number of carbonyl (C=O) groups excluding carboxylic acids is 1. The normalized spacial score (nSPS) is 19.9. The van der Waals surface area contributed by atoms with Crippen molar-refractivity contribution in [2.45, 2.75) is 71.2 Å². The molecule has 1 aromatic heterocycles. The van der Waals surface area contributed by atoms with E-state index in [9.17, 15) is 4.79 Å². The van der Waals surface area contributed by atoms with Gasteiger partial charge in [-0.3, -0.25) is 4.68 Å². The third kappa shape index (κ3) is 5.53. The number of carbonyl (C=O) groups is 1. The number of likely N-dealkylation sites (tertiary alicyclic amines) is 1. The van der Waals surface area contributed by atoms with E-state index >= 15 is 0 Å². The molecular formula is C17H30N4O2. The highest BCUT2D eigenvalue weighted by molar-refractivity contribution is 5.68. The third-order valence-electron chi connectivity index (χ3n) is 4.04. The second-order valence-corrected chi connectivity index (χ2v) is 7.51. The van der Waals surface area contributed by atoms with E-state index in [1.807, 2.05) is 49.8 Å². The molecule has 6 nitrogen and oxygen atoms in total. The van der Waals surface area contributed by atoms with Crippen LogP contribution < -0.4 is 5.32 Å². The Bertz CT molecular complexity index is 521. The van der Waals surface area contributed by atoms with E-state index in [2.05, 4.69) is 17.3 Å². The van der Waals surface area contributed by atoms with Crippen LogP contribution in [-0.2, 0) is 18.3 Å². The van der Waals surface area contributed by atoms with E-state index in [4.69, 9.17) is 4.74 Å². The van der Waals surface area contributed by atoms with Gasteiger partial charge in [0, 0.05) is 44.0 Å². The van der Waals surface area contributed by atoms with Gasteiger partial charge >= 0.3 is 6.09 Å². The van der Waals surface area contributed by atoms with Gasteiger partial charge in [0.2, 0.25) is 0 Å². The number of nitrogens with one attached hydrogen (secondary N) is 1. The molecule has 0 bridgehead atoms. The van der Waals surface area contributed by atoms with Gasteiger partial charge in [-0.25, -0.2) is 4.79 Å². The van der Waals surface area contributed by atoms with Gasteiger partial charge in [-0.15, -0.1) is 0 Å². The van der Waals surface area contributed by atoms with Crippen molar-refractivity contribution >= 4 is 6.09 Å². The average Bonchev–Trinajstić information content (AvgIpc) is 3.03. The van der Waals surface area contributed by atoms with Crippen molar-refractivity contribution in [1.29, 1.82) is 0 Å². The van der Waals surface area contributed by atoms with E-state index in [1.165, 1.54) is 5.56 Å². The van der Waals surface area contributed by atoms with Crippen LogP contribution in [0.2, 0.25) is 0 Å². The topological polar surface area (TPSA) is 59.4 Å². The van der Waals surface area contributed by atoms with Crippen LogP contribution in [0, 0.1) is 0 Å². The van der Waals surface area contributed by atoms with Crippen LogP contribution in [-0.4, -0.2) is 45.0 Å². The van der Waals surface area contributed by atoms with E-state index in [0.717, 1.165) is 32.4 Å². The monoisotopic (exact) mass is 322 g/mol. The van der Waals surface area contributed by atoms with Gasteiger partial charge < -0.3 is 15.0 Å². The first kappa shape index (κ1) is 17.8. The molecule has 0 radical (unpaired) electrons. The third-order valence-corrected chi connectivity index (χ3v) is 4.04. The molecule has 0 saturated carbocycles. The highest BCUT2D eigenvalue weighted by Gasteiger charge is 2.32. The number of ether oxygens (including phenoxy) is 1. The van der Waals surface area contributed by atoms with Crippen LogP contribution in [0.25, 0.3) is 0 Å². The average molecular weight is 322 g/mol. The lowest BCUT2D eigenvalue weighted by Gasteiger charge is -2.30. The molecule has 1 saturated heterocycles. The standard InChI is InChI=1S/C17H30N4O2/c1-13(18-10-14-11-19-20(5)12-14)9-15-7-6-8-21(15)16(22)23-17(2,3)4/h11-13,15,18H,6-10H2,1-5H3. The van der Waals surface area contributed by atoms with Crippen molar-refractivity contribution in [2.24, 2.45) is 7.05 Å². The Kier molecular flexibility index (Phi) is 5.68. The van der Waals surface area contributed by atoms with Crippen molar-refractivity contribution in [1.82, 2.24) is 20.0 Å². The van der Waals surface area contributed by atoms with E-state index in [0.29, 0.717) is 6.04 Å². The number of hydrogen-bond acceptors (Lipinski definition) is 4. The summed E-state index contributed by atoms with van der Waals surface area (Å²) in [6.45, 7) is 9.50. The summed E-state index contributed by atoms with van der Waals surface area (Å²) in [6.07, 6.45) is 6.76. The molecule has 0 aliphatic carbocycles. The predicted molar refractivity (Wildman–Crippen MR) is 90.1 cm³/mol. The molecule has 0 spiro atoms. The maximum absolute atomic E-state index is 12.3. The summed E-state index contributed by atoms with van der Waals surface area (Å²) < 4.78 is 7.33. The van der Waals surface area contributed by atoms with Crippen molar-refractivity contribution < 1.29 is 9.53 Å². The summed E-state index contributed by atoms with van der Waals surface area (Å²) in [5.41, 5.74) is 0.740. The zero-order chi connectivity index (χ0) is 17.0. The van der Waals surface area contributed by atoms with Crippen LogP contribution >= 0.6 is 0 Å². The maximum Gasteiger partial charge on any atom is 0.410 e. The smallest absolute Gasteiger partial charge is 0.410 e. The summed E-state index contributed by atoms with van der Waals surface area (Å²) in [5.74, 6) is 0. The first-order chi connectivity index (χ1) is 10.7. The molecule has 1 aliphatic heterocycles. The number of amides is 1. The number of rotatable bonds is 5. The molecule has 6 heteroatoms. The van der Waals surface area contributed by atoms with Gasteiger partial charge in [0.15, 0.2) is 0 Å². The van der Waals surface area contributed by atoms with Gasteiger partial charge in [-0.2, -0.15) is 5.10 Å². The summed E-state index contributed by atoms with van der Waals surface area (Å²) in [6, 6.07) is 0.601. The molecular weight excluding hydrogens is 292 g/mol. The van der Waals surface area contributed by atoms with Crippen LogP contribution in [0.4, 0.5) is 4.79 Å². The molecule has 1 aromatic rings. The largest absolute Gasteiger partial charge is 0.444 e. The van der Waals surface area contributed by atoms with E-state index in [1.54, 1.807) is 0 Å². The number of aromatic nitrogens is 2. The lowest BCUT2D eigenvalue weighted by molar-refractivity contribution is 0.0214. The number of nitrogens with zero attached hydrogens (tertiary/aromatic N) is 3. The molecule has 2 atom stereocenters. The fourth-order valence-electron chi connectivity index (χ4n) is 2.99. The summed E-state index contributed by atoms with van der Waals surface area (Å²) in [7, 11) is 1.92. The zero-order valence-electron chi connectivity index (χ0n) is 15.0. The van der Waals surface area contributed by atoms with Gasteiger partial charge in [0.05, 0.1) is 6.20 Å². The minimum absolute atomic E-state index is 0.181. The van der Waals surface area contributed by atoms with Crippen molar-refractivity contribution in [3.8, 4) is 0 Å². The fraction of sp³-hybridized carbons (Fsp3) is 0.765. The van der Waals surface area contributed by atoms with Gasteiger partial charge in [-0.1, -0.05) is 0 Å². The molecule has 23 heavy (non-hydrogen) atoms. The molecule has 130 valence electrons. The molecule has 2 unspecified atom stereocenters. The van der Waals surface area contributed by atoms with Crippen LogP contribution in [0.5, 0.6) is 0 Å². The first-order valence-corrected chi connectivity index (χ1v) is 8.45. The SMILES string of the molecule is CC(CC1CCCN1C(=O)OC(C)(C)C)NCc1cnn(C)c1. The quantitative estimate of drug-likeness (QED) is 0.905. The molecule has 1 aliphatic rings. The van der Waals surface area contributed by atoms with Crippen molar-refractivity contribution in [3.63, 3.8) is 0 Å². The molecule has 1 amide bonds. The van der Waals surface area contributed by atoms with E-state index < -0.39 is 5.60 Å². The zero-order valence-corrected chi connectivity index (χ0v) is 15.0. The Balaban J connectivity index is 1.81. The van der Waals surface area contributed by atoms with Gasteiger partial charge in [0.25, 0.3) is 0 Å². The predicted octanol–water partition coefficient (Wildman–Crippen LogP) is 2.69. The highest BCUT2D eigenvalue weighted by Crippen LogP contribution is 2.24. The molecule has 0 aromatic carbocycles. The lowest BCUT2D eigenvalue weighted by atomic mass is 10.1. The fourth-order valence-corrected chi connectivity index (χ4v) is 2.99. The second kappa shape index (κ2) is 7.34. The van der Waals surface area contributed by atoms with Gasteiger partial charge in [0.1, 0.15) is 5.60 Å². The molecule has 1 N–H and O–H groups in total. The summed E-state index contributed by atoms with van der Waals surface area (Å²) in [4.78, 5) is 14.2. The van der Waals surface area contributed by atoms with Crippen molar-refractivity contribution in [3.05, 3.63) is 18.0 Å². The second-order valence-electron chi connectivity index (χ2n) is 7.51. The molecule has 2 heterocycles. The first-order valence-electron chi connectivity index (χ1n) is 8.45. The number of hydrogen-bond donors (Lipinski definition) is 1. The Morgan fingerprint density at radius 3 is 2.87 bits per heavy atom.